The predicted molar refractivity (Wildman–Crippen MR) is 128 cm³/mol. The lowest BCUT2D eigenvalue weighted by Crippen LogP contribution is -2.29. The first-order valence-corrected chi connectivity index (χ1v) is 12.2. The topological polar surface area (TPSA) is 128 Å². The molecule has 1 saturated carbocycles. The number of hydrogen-bond donors (Lipinski definition) is 2. The van der Waals surface area contributed by atoms with E-state index >= 15 is 0 Å². The zero-order valence-electron chi connectivity index (χ0n) is 20.3. The van der Waals surface area contributed by atoms with E-state index in [1.165, 1.54) is 4.90 Å². The molecule has 1 atom stereocenters. The molecule has 1 aliphatic heterocycles. The average Bonchev–Trinajstić information content (AvgIpc) is 3.51. The van der Waals surface area contributed by atoms with Crippen LogP contribution in [-0.2, 0) is 16.0 Å². The summed E-state index contributed by atoms with van der Waals surface area (Å²) in [4.78, 5) is 17.4. The van der Waals surface area contributed by atoms with Crippen molar-refractivity contribution in [3.05, 3.63) is 24.7 Å². The highest BCUT2D eigenvalue weighted by Gasteiger charge is 2.33. The standard InChI is InChI=1S/C24H32N6O5/c1-4-29(23(32)33)21-9-20-19(11-25-21)22(27-30(20)16-5-7-17(31)8-6-16)15-10-26-28(12-15)13-18-14-34-24(2,3)35-18/h9-12,16-18,31H,4-8,13-14H2,1-3H3,(H,32,33)/t16?,17?,18-/m1/s1. The number of aromatic nitrogens is 5. The summed E-state index contributed by atoms with van der Waals surface area (Å²) in [5.41, 5.74) is 2.43. The maximum absolute atomic E-state index is 11.7. The maximum Gasteiger partial charge on any atom is 0.412 e. The highest BCUT2D eigenvalue weighted by molar-refractivity contribution is 5.95. The van der Waals surface area contributed by atoms with E-state index in [1.54, 1.807) is 25.4 Å². The quantitative estimate of drug-likeness (QED) is 0.545. The molecule has 2 N–H and O–H groups in total. The lowest BCUT2D eigenvalue weighted by atomic mass is 9.93. The molecule has 1 aliphatic carbocycles. The fraction of sp³-hybridized carbons (Fsp3) is 0.583. The number of pyridine rings is 1. The molecule has 0 spiro atoms. The second-order valence-electron chi connectivity index (χ2n) is 9.74. The zero-order valence-corrected chi connectivity index (χ0v) is 20.3. The van der Waals surface area contributed by atoms with Gasteiger partial charge in [-0.1, -0.05) is 0 Å². The summed E-state index contributed by atoms with van der Waals surface area (Å²) >= 11 is 0. The van der Waals surface area contributed by atoms with E-state index < -0.39 is 11.9 Å². The number of fused-ring (bicyclic) bond motifs is 1. The van der Waals surface area contributed by atoms with Gasteiger partial charge in [-0.05, 0) is 46.5 Å². The molecular weight excluding hydrogens is 452 g/mol. The van der Waals surface area contributed by atoms with Gasteiger partial charge in [-0.25, -0.2) is 9.78 Å². The van der Waals surface area contributed by atoms with Gasteiger partial charge < -0.3 is 19.7 Å². The summed E-state index contributed by atoms with van der Waals surface area (Å²) in [5.74, 6) is -0.220. The molecule has 0 aromatic carbocycles. The number of aliphatic hydroxyl groups is 1. The fourth-order valence-corrected chi connectivity index (χ4v) is 5.01. The minimum Gasteiger partial charge on any atom is -0.465 e. The first-order valence-electron chi connectivity index (χ1n) is 12.2. The van der Waals surface area contributed by atoms with Gasteiger partial charge in [0, 0.05) is 36.0 Å². The van der Waals surface area contributed by atoms with E-state index in [1.807, 2.05) is 29.4 Å². The molecule has 5 rings (SSSR count). The van der Waals surface area contributed by atoms with Crippen molar-refractivity contribution in [1.29, 1.82) is 0 Å². The number of anilines is 1. The van der Waals surface area contributed by atoms with Crippen molar-refractivity contribution in [1.82, 2.24) is 24.5 Å². The Labute approximate surface area is 203 Å². The van der Waals surface area contributed by atoms with E-state index in [2.05, 4.69) is 10.1 Å². The molecule has 35 heavy (non-hydrogen) atoms. The zero-order chi connectivity index (χ0) is 24.7. The van der Waals surface area contributed by atoms with Crippen molar-refractivity contribution < 1.29 is 24.5 Å². The Morgan fingerprint density at radius 2 is 2.03 bits per heavy atom. The lowest BCUT2D eigenvalue weighted by molar-refractivity contribution is -0.139. The van der Waals surface area contributed by atoms with Crippen LogP contribution in [-0.4, -0.2) is 72.0 Å². The normalized spacial score (nSPS) is 24.2. The molecule has 0 unspecified atom stereocenters. The Kier molecular flexibility index (Phi) is 6.24. The third-order valence-electron chi connectivity index (χ3n) is 6.78. The molecule has 0 bridgehead atoms. The van der Waals surface area contributed by atoms with E-state index in [9.17, 15) is 15.0 Å². The Balaban J connectivity index is 1.51. The number of aliphatic hydroxyl groups excluding tert-OH is 1. The molecule has 11 nitrogen and oxygen atoms in total. The second kappa shape index (κ2) is 9.21. The highest BCUT2D eigenvalue weighted by Crippen LogP contribution is 2.36. The SMILES string of the molecule is CCN(C(=O)O)c1cc2c(cn1)c(-c1cnn(C[C@@H]3COC(C)(C)O3)c1)nn2C1CCC(O)CC1. The fourth-order valence-electron chi connectivity index (χ4n) is 5.01. The van der Waals surface area contributed by atoms with Crippen LogP contribution in [0, 0.1) is 0 Å². The van der Waals surface area contributed by atoms with Crippen LogP contribution < -0.4 is 4.90 Å². The minimum absolute atomic E-state index is 0.0824. The number of amides is 1. The number of hydrogen-bond acceptors (Lipinski definition) is 7. The molecule has 2 aliphatic rings. The third kappa shape index (κ3) is 4.75. The second-order valence-corrected chi connectivity index (χ2v) is 9.74. The van der Waals surface area contributed by atoms with Gasteiger partial charge in [0.25, 0.3) is 0 Å². The Hall–Kier alpha value is -3.02. The van der Waals surface area contributed by atoms with Crippen LogP contribution in [0.4, 0.5) is 10.6 Å². The average molecular weight is 485 g/mol. The van der Waals surface area contributed by atoms with Gasteiger partial charge in [-0.2, -0.15) is 10.2 Å². The van der Waals surface area contributed by atoms with Crippen LogP contribution in [0.1, 0.15) is 52.5 Å². The minimum atomic E-state index is -1.05. The van der Waals surface area contributed by atoms with E-state index in [0.717, 1.165) is 35.0 Å². The van der Waals surface area contributed by atoms with Crippen molar-refractivity contribution in [3.8, 4) is 11.3 Å². The van der Waals surface area contributed by atoms with Crippen LogP contribution in [0.3, 0.4) is 0 Å². The van der Waals surface area contributed by atoms with Crippen LogP contribution in [0.25, 0.3) is 22.2 Å². The molecule has 3 aromatic heterocycles. The van der Waals surface area contributed by atoms with E-state index in [4.69, 9.17) is 14.6 Å². The summed E-state index contributed by atoms with van der Waals surface area (Å²) < 4.78 is 15.4. The smallest absolute Gasteiger partial charge is 0.412 e. The number of rotatable bonds is 6. The maximum atomic E-state index is 11.7. The summed E-state index contributed by atoms with van der Waals surface area (Å²) in [5, 5.41) is 29.9. The molecule has 11 heteroatoms. The number of nitrogens with zero attached hydrogens (tertiary/aromatic N) is 6. The van der Waals surface area contributed by atoms with Crippen LogP contribution in [0.15, 0.2) is 24.7 Å². The Morgan fingerprint density at radius 3 is 2.69 bits per heavy atom. The van der Waals surface area contributed by atoms with Crippen molar-refractivity contribution in [3.63, 3.8) is 0 Å². The number of carboxylic acid groups (broad SMARTS) is 1. The van der Waals surface area contributed by atoms with Gasteiger partial charge in [0.1, 0.15) is 17.6 Å². The number of carbonyl (C=O) groups is 1. The molecule has 1 saturated heterocycles. The lowest BCUT2D eigenvalue weighted by Gasteiger charge is -2.26. The van der Waals surface area contributed by atoms with Gasteiger partial charge in [-0.15, -0.1) is 0 Å². The van der Waals surface area contributed by atoms with Crippen LogP contribution >= 0.6 is 0 Å². The summed E-state index contributed by atoms with van der Waals surface area (Å²) in [6.07, 6.45) is 7.04. The Morgan fingerprint density at radius 1 is 1.26 bits per heavy atom. The molecule has 4 heterocycles. The third-order valence-corrected chi connectivity index (χ3v) is 6.78. The van der Waals surface area contributed by atoms with Crippen LogP contribution in [0.2, 0.25) is 0 Å². The van der Waals surface area contributed by atoms with Crippen LogP contribution in [0.5, 0.6) is 0 Å². The summed E-state index contributed by atoms with van der Waals surface area (Å²) in [7, 11) is 0. The van der Waals surface area contributed by atoms with Crippen molar-refractivity contribution in [2.24, 2.45) is 0 Å². The van der Waals surface area contributed by atoms with E-state index in [0.29, 0.717) is 38.4 Å². The van der Waals surface area contributed by atoms with Gasteiger partial charge in [-0.3, -0.25) is 14.3 Å². The summed E-state index contributed by atoms with van der Waals surface area (Å²) in [6.45, 7) is 6.94. The molecular formula is C24H32N6O5. The van der Waals surface area contributed by atoms with Gasteiger partial charge in [0.2, 0.25) is 0 Å². The van der Waals surface area contributed by atoms with Crippen molar-refractivity contribution in [2.45, 2.75) is 77.0 Å². The first kappa shape index (κ1) is 23.7. The predicted octanol–water partition coefficient (Wildman–Crippen LogP) is 3.43. The molecule has 188 valence electrons. The largest absolute Gasteiger partial charge is 0.465 e. The van der Waals surface area contributed by atoms with Crippen molar-refractivity contribution in [2.75, 3.05) is 18.1 Å². The van der Waals surface area contributed by atoms with Gasteiger partial charge in [0.15, 0.2) is 5.79 Å². The molecule has 3 aromatic rings. The Bertz CT molecular complexity index is 1210. The van der Waals surface area contributed by atoms with Gasteiger partial charge >= 0.3 is 6.09 Å². The first-order chi connectivity index (χ1) is 16.7. The molecule has 1 amide bonds. The van der Waals surface area contributed by atoms with Crippen molar-refractivity contribution >= 4 is 22.8 Å². The van der Waals surface area contributed by atoms with E-state index in [-0.39, 0.29) is 18.2 Å². The number of ether oxygens (including phenoxy) is 2. The monoisotopic (exact) mass is 484 g/mol. The summed E-state index contributed by atoms with van der Waals surface area (Å²) in [6, 6.07) is 1.91. The molecule has 2 fully saturated rings. The highest BCUT2D eigenvalue weighted by atomic mass is 16.7. The molecule has 0 radical (unpaired) electrons. The van der Waals surface area contributed by atoms with Gasteiger partial charge in [0.05, 0.1) is 37.0 Å².